The first-order valence-electron chi connectivity index (χ1n) is 9.03. The predicted octanol–water partition coefficient (Wildman–Crippen LogP) is 2.75. The molecule has 0 unspecified atom stereocenters. The summed E-state index contributed by atoms with van der Waals surface area (Å²) in [6, 6.07) is 3.50. The van der Waals surface area contributed by atoms with Crippen molar-refractivity contribution in [1.29, 1.82) is 0 Å². The molecule has 0 aliphatic carbocycles. The Bertz CT molecular complexity index is 764. The monoisotopic (exact) mass is 344 g/mol. The molecule has 2 aromatic heterocycles. The fourth-order valence-corrected chi connectivity index (χ4v) is 3.26. The molecule has 1 fully saturated rings. The van der Waals surface area contributed by atoms with Crippen LogP contribution < -0.4 is 5.56 Å². The second-order valence-electron chi connectivity index (χ2n) is 8.07. The van der Waals surface area contributed by atoms with E-state index in [0.29, 0.717) is 18.4 Å². The van der Waals surface area contributed by atoms with Gasteiger partial charge in [0.15, 0.2) is 5.89 Å². The minimum atomic E-state index is -0.0471. The summed E-state index contributed by atoms with van der Waals surface area (Å²) >= 11 is 0. The Morgan fingerprint density at radius 2 is 1.96 bits per heavy atom. The topological polar surface area (TPSA) is 64.2 Å². The third-order valence-corrected chi connectivity index (χ3v) is 4.83. The largest absolute Gasteiger partial charge is 0.449 e. The average molecular weight is 344 g/mol. The van der Waals surface area contributed by atoms with E-state index in [9.17, 15) is 4.79 Å². The van der Waals surface area contributed by atoms with Gasteiger partial charge in [-0.05, 0) is 37.9 Å². The first-order valence-corrected chi connectivity index (χ1v) is 9.03. The van der Waals surface area contributed by atoms with Crippen LogP contribution in [0.15, 0.2) is 27.6 Å². The third-order valence-electron chi connectivity index (χ3n) is 4.83. The summed E-state index contributed by atoms with van der Waals surface area (Å²) in [5.41, 5.74) is 1.90. The lowest BCUT2D eigenvalue weighted by Gasteiger charge is -2.31. The van der Waals surface area contributed by atoms with Crippen molar-refractivity contribution in [2.45, 2.75) is 59.0 Å². The van der Waals surface area contributed by atoms with Gasteiger partial charge >= 0.3 is 0 Å². The lowest BCUT2D eigenvalue weighted by molar-refractivity contribution is 0.161. The molecular formula is C19H28N4O2. The molecule has 0 atom stereocenters. The maximum absolute atomic E-state index is 12.2. The van der Waals surface area contributed by atoms with Gasteiger partial charge in [-0.2, -0.15) is 5.10 Å². The van der Waals surface area contributed by atoms with Gasteiger partial charge in [-0.3, -0.25) is 9.69 Å². The molecule has 3 heterocycles. The first kappa shape index (κ1) is 17.9. The van der Waals surface area contributed by atoms with E-state index in [1.165, 1.54) is 0 Å². The van der Waals surface area contributed by atoms with E-state index in [0.717, 1.165) is 43.9 Å². The van der Waals surface area contributed by atoms with Crippen LogP contribution in [0.2, 0.25) is 0 Å². The van der Waals surface area contributed by atoms with Gasteiger partial charge in [0.25, 0.3) is 5.56 Å². The first-order chi connectivity index (χ1) is 11.8. The molecule has 1 saturated heterocycles. The van der Waals surface area contributed by atoms with Gasteiger partial charge < -0.3 is 4.42 Å². The van der Waals surface area contributed by atoms with E-state index < -0.39 is 0 Å². The van der Waals surface area contributed by atoms with Gasteiger partial charge in [-0.1, -0.05) is 20.8 Å². The Morgan fingerprint density at radius 1 is 1.24 bits per heavy atom. The molecular weight excluding hydrogens is 316 g/mol. The van der Waals surface area contributed by atoms with E-state index in [1.54, 1.807) is 17.0 Å². The van der Waals surface area contributed by atoms with Crippen LogP contribution in [-0.4, -0.2) is 32.8 Å². The fraction of sp³-hybridized carbons (Fsp3) is 0.632. The maximum atomic E-state index is 12.2. The maximum Gasteiger partial charge on any atom is 0.266 e. The zero-order valence-corrected chi connectivity index (χ0v) is 15.7. The smallest absolute Gasteiger partial charge is 0.266 e. The predicted molar refractivity (Wildman–Crippen MR) is 96.4 cm³/mol. The number of hydrogen-bond donors (Lipinski definition) is 0. The molecule has 1 aliphatic heterocycles. The SMILES string of the molecule is Cc1nc(CN2CCC(Cn3nc(C(C)(C)C)ccc3=O)CC2)co1. The zero-order valence-electron chi connectivity index (χ0n) is 15.7. The summed E-state index contributed by atoms with van der Waals surface area (Å²) in [6.07, 6.45) is 3.89. The van der Waals surface area contributed by atoms with Gasteiger partial charge in [0.2, 0.25) is 0 Å². The number of hydrogen-bond acceptors (Lipinski definition) is 5. The number of aromatic nitrogens is 3. The minimum absolute atomic E-state index is 0.00602. The van der Waals surface area contributed by atoms with Crippen molar-refractivity contribution in [1.82, 2.24) is 19.7 Å². The van der Waals surface area contributed by atoms with Crippen LogP contribution in [-0.2, 0) is 18.5 Å². The van der Waals surface area contributed by atoms with E-state index in [1.807, 2.05) is 13.0 Å². The average Bonchev–Trinajstić information content (AvgIpc) is 2.95. The highest BCUT2D eigenvalue weighted by Gasteiger charge is 2.22. The van der Waals surface area contributed by atoms with Crippen molar-refractivity contribution >= 4 is 0 Å². The normalized spacial score (nSPS) is 17.1. The summed E-state index contributed by atoms with van der Waals surface area (Å²) in [4.78, 5) is 18.9. The minimum Gasteiger partial charge on any atom is -0.449 e. The summed E-state index contributed by atoms with van der Waals surface area (Å²) in [7, 11) is 0. The van der Waals surface area contributed by atoms with E-state index >= 15 is 0 Å². The number of rotatable bonds is 4. The van der Waals surface area contributed by atoms with Crippen LogP contribution in [0.3, 0.4) is 0 Å². The molecule has 6 heteroatoms. The Labute approximate surface area is 148 Å². The van der Waals surface area contributed by atoms with Crippen molar-refractivity contribution < 1.29 is 4.42 Å². The zero-order chi connectivity index (χ0) is 18.0. The van der Waals surface area contributed by atoms with Gasteiger partial charge in [-0.25, -0.2) is 9.67 Å². The molecule has 136 valence electrons. The van der Waals surface area contributed by atoms with E-state index in [-0.39, 0.29) is 11.0 Å². The number of oxazole rings is 1. The highest BCUT2D eigenvalue weighted by atomic mass is 16.3. The van der Waals surface area contributed by atoms with Crippen LogP contribution in [0.25, 0.3) is 0 Å². The number of nitrogens with zero attached hydrogens (tertiary/aromatic N) is 4. The Kier molecular flexibility index (Phi) is 5.08. The van der Waals surface area contributed by atoms with Crippen LogP contribution in [0.4, 0.5) is 0 Å². The molecule has 3 rings (SSSR count). The van der Waals surface area contributed by atoms with E-state index in [4.69, 9.17) is 4.42 Å². The standard InChI is InChI=1S/C19H28N4O2/c1-14-20-16(13-25-14)12-22-9-7-15(8-10-22)11-23-18(24)6-5-17(21-23)19(2,3)4/h5-6,13,15H,7-12H2,1-4H3. The lowest BCUT2D eigenvalue weighted by Crippen LogP contribution is -2.37. The summed E-state index contributed by atoms with van der Waals surface area (Å²) in [5.74, 6) is 1.21. The molecule has 0 N–H and O–H groups in total. The molecule has 6 nitrogen and oxygen atoms in total. The molecule has 25 heavy (non-hydrogen) atoms. The van der Waals surface area contributed by atoms with Crippen LogP contribution in [0.1, 0.15) is 50.9 Å². The molecule has 0 spiro atoms. The number of piperidine rings is 1. The highest BCUT2D eigenvalue weighted by Crippen LogP contribution is 2.21. The van der Waals surface area contributed by atoms with Crippen molar-refractivity contribution in [2.24, 2.45) is 5.92 Å². The van der Waals surface area contributed by atoms with Gasteiger partial charge in [0.05, 0.1) is 11.4 Å². The molecule has 1 aliphatic rings. The Hall–Kier alpha value is -1.95. The van der Waals surface area contributed by atoms with Crippen molar-refractivity contribution in [2.75, 3.05) is 13.1 Å². The van der Waals surface area contributed by atoms with Crippen molar-refractivity contribution in [3.8, 4) is 0 Å². The second kappa shape index (κ2) is 7.12. The molecule has 0 aromatic carbocycles. The molecule has 0 saturated carbocycles. The molecule has 0 radical (unpaired) electrons. The third kappa shape index (κ3) is 4.57. The summed E-state index contributed by atoms with van der Waals surface area (Å²) in [6.45, 7) is 11.8. The van der Waals surface area contributed by atoms with Crippen LogP contribution in [0.5, 0.6) is 0 Å². The molecule has 2 aromatic rings. The lowest BCUT2D eigenvalue weighted by atomic mass is 9.92. The number of aryl methyl sites for hydroxylation is 1. The van der Waals surface area contributed by atoms with E-state index in [2.05, 4.69) is 35.8 Å². The Morgan fingerprint density at radius 3 is 2.56 bits per heavy atom. The van der Waals surface area contributed by atoms with Gasteiger partial charge in [0, 0.05) is 31.5 Å². The van der Waals surface area contributed by atoms with Crippen molar-refractivity contribution in [3.05, 3.63) is 46.0 Å². The molecule has 0 bridgehead atoms. The highest BCUT2D eigenvalue weighted by molar-refractivity contribution is 5.10. The number of likely N-dealkylation sites (tertiary alicyclic amines) is 1. The summed E-state index contributed by atoms with van der Waals surface area (Å²) < 4.78 is 6.93. The van der Waals surface area contributed by atoms with Gasteiger partial charge in [-0.15, -0.1) is 0 Å². The van der Waals surface area contributed by atoms with Crippen LogP contribution >= 0.6 is 0 Å². The Balaban J connectivity index is 1.58. The quantitative estimate of drug-likeness (QED) is 0.853. The van der Waals surface area contributed by atoms with Gasteiger partial charge in [0.1, 0.15) is 6.26 Å². The molecule has 0 amide bonds. The van der Waals surface area contributed by atoms with Crippen LogP contribution in [0, 0.1) is 12.8 Å². The van der Waals surface area contributed by atoms with Crippen molar-refractivity contribution in [3.63, 3.8) is 0 Å². The second-order valence-corrected chi connectivity index (χ2v) is 8.07. The summed E-state index contributed by atoms with van der Waals surface area (Å²) in [5, 5.41) is 4.60. The fourth-order valence-electron chi connectivity index (χ4n) is 3.26.